The van der Waals surface area contributed by atoms with Gasteiger partial charge in [-0.25, -0.2) is 4.39 Å². The van der Waals surface area contributed by atoms with Crippen LogP contribution < -0.4 is 15.4 Å². The molecule has 1 fully saturated rings. The molecule has 0 aliphatic carbocycles. The van der Waals surface area contributed by atoms with Crippen LogP contribution in [0.15, 0.2) is 36.5 Å². The SMILES string of the molecule is O=C(COc1ccc(Cl)c(F)c1)N[C@@H]1CC[C@@H](C(=O)NCc2ccc(C(F)(F)F)cn2)OC1. The molecule has 3 rings (SSSR count). The van der Waals surface area contributed by atoms with Crippen LogP contribution in [0.1, 0.15) is 24.1 Å². The number of pyridine rings is 1. The Balaban J connectivity index is 1.36. The molecule has 0 saturated carbocycles. The largest absolute Gasteiger partial charge is 0.484 e. The first-order valence-corrected chi connectivity index (χ1v) is 10.3. The Kier molecular flexibility index (Phi) is 8.09. The molecule has 33 heavy (non-hydrogen) atoms. The van der Waals surface area contributed by atoms with Gasteiger partial charge < -0.3 is 20.1 Å². The van der Waals surface area contributed by atoms with Crippen molar-refractivity contribution in [3.8, 4) is 5.75 Å². The minimum atomic E-state index is -4.48. The highest BCUT2D eigenvalue weighted by Crippen LogP contribution is 2.28. The molecule has 7 nitrogen and oxygen atoms in total. The van der Waals surface area contributed by atoms with Crippen LogP contribution in [0.25, 0.3) is 0 Å². The normalized spacial score (nSPS) is 18.5. The Morgan fingerprint density at radius 3 is 2.61 bits per heavy atom. The third-order valence-electron chi connectivity index (χ3n) is 4.79. The standard InChI is InChI=1S/C21H20ClF4N3O4/c22-16-5-4-15(7-17(16)23)32-11-19(30)29-14-3-6-18(33-10-14)20(31)28-9-13-2-1-12(8-27-13)21(24,25)26/h1-2,4-5,7-8,14,18H,3,6,9-11H2,(H,28,31)(H,29,30)/t14-,18+/m1/s1. The van der Waals surface area contributed by atoms with E-state index in [9.17, 15) is 27.2 Å². The van der Waals surface area contributed by atoms with Gasteiger partial charge in [-0.3, -0.25) is 14.6 Å². The summed E-state index contributed by atoms with van der Waals surface area (Å²) < 4.78 is 61.8. The van der Waals surface area contributed by atoms with Crippen LogP contribution in [0.4, 0.5) is 17.6 Å². The Morgan fingerprint density at radius 1 is 1.21 bits per heavy atom. The Morgan fingerprint density at radius 2 is 2.00 bits per heavy atom. The zero-order chi connectivity index (χ0) is 24.0. The number of amides is 2. The van der Waals surface area contributed by atoms with E-state index in [1.54, 1.807) is 0 Å². The molecule has 2 aromatic rings. The van der Waals surface area contributed by atoms with Gasteiger partial charge in [-0.05, 0) is 37.1 Å². The van der Waals surface area contributed by atoms with Crippen molar-refractivity contribution in [1.82, 2.24) is 15.6 Å². The number of nitrogens with one attached hydrogen (secondary N) is 2. The van der Waals surface area contributed by atoms with Crippen molar-refractivity contribution in [2.45, 2.75) is 37.7 Å². The average molecular weight is 490 g/mol. The van der Waals surface area contributed by atoms with Gasteiger partial charge in [-0.2, -0.15) is 13.2 Å². The lowest BCUT2D eigenvalue weighted by Gasteiger charge is -2.28. The first-order valence-electron chi connectivity index (χ1n) is 9.90. The molecule has 1 saturated heterocycles. The van der Waals surface area contributed by atoms with Gasteiger partial charge in [0.25, 0.3) is 5.91 Å². The molecule has 12 heteroatoms. The van der Waals surface area contributed by atoms with Crippen molar-refractivity contribution in [2.75, 3.05) is 13.2 Å². The molecular formula is C21H20ClF4N3O4. The zero-order valence-electron chi connectivity index (χ0n) is 17.1. The van der Waals surface area contributed by atoms with Gasteiger partial charge in [0.1, 0.15) is 17.7 Å². The first kappa shape index (κ1) is 24.7. The molecule has 2 N–H and O–H groups in total. The van der Waals surface area contributed by atoms with Gasteiger partial charge in [-0.15, -0.1) is 0 Å². The van der Waals surface area contributed by atoms with Crippen molar-refractivity contribution in [2.24, 2.45) is 0 Å². The lowest BCUT2D eigenvalue weighted by atomic mass is 10.0. The second kappa shape index (κ2) is 10.8. The molecule has 2 heterocycles. The van der Waals surface area contributed by atoms with Gasteiger partial charge in [0.05, 0.1) is 35.5 Å². The topological polar surface area (TPSA) is 89.5 Å². The highest BCUT2D eigenvalue weighted by molar-refractivity contribution is 6.30. The molecule has 0 bridgehead atoms. The summed E-state index contributed by atoms with van der Waals surface area (Å²) in [6.45, 7) is -0.279. The van der Waals surface area contributed by atoms with Gasteiger partial charge >= 0.3 is 6.18 Å². The van der Waals surface area contributed by atoms with E-state index in [1.807, 2.05) is 0 Å². The second-order valence-corrected chi connectivity index (χ2v) is 7.69. The number of carbonyl (C=O) groups is 2. The van der Waals surface area contributed by atoms with Gasteiger partial charge in [0.2, 0.25) is 5.91 Å². The average Bonchev–Trinajstić information content (AvgIpc) is 2.78. The summed E-state index contributed by atoms with van der Waals surface area (Å²) in [6, 6.07) is 5.58. The number of halogens is 5. The molecule has 0 unspecified atom stereocenters. The molecule has 0 radical (unpaired) electrons. The van der Waals surface area contributed by atoms with E-state index < -0.39 is 35.5 Å². The number of carbonyl (C=O) groups excluding carboxylic acids is 2. The third-order valence-corrected chi connectivity index (χ3v) is 5.10. The van der Waals surface area contributed by atoms with Crippen LogP contribution in [-0.4, -0.2) is 42.2 Å². The fraction of sp³-hybridized carbons (Fsp3) is 0.381. The third kappa shape index (κ3) is 7.29. The molecule has 1 aliphatic rings. The van der Waals surface area contributed by atoms with E-state index in [1.165, 1.54) is 18.2 Å². The van der Waals surface area contributed by atoms with E-state index in [0.29, 0.717) is 19.0 Å². The number of rotatable bonds is 7. The molecule has 2 atom stereocenters. The van der Waals surface area contributed by atoms with Crippen LogP contribution in [-0.2, 0) is 27.0 Å². The number of alkyl halides is 3. The molecule has 1 aliphatic heterocycles. The van der Waals surface area contributed by atoms with Crippen LogP contribution in [0.3, 0.4) is 0 Å². The smallest absolute Gasteiger partial charge is 0.417 e. The van der Waals surface area contributed by atoms with Crippen molar-refractivity contribution >= 4 is 23.4 Å². The number of aromatic nitrogens is 1. The molecule has 2 amide bonds. The number of hydrogen-bond acceptors (Lipinski definition) is 5. The summed E-state index contributed by atoms with van der Waals surface area (Å²) >= 11 is 5.59. The summed E-state index contributed by atoms with van der Waals surface area (Å²) in [7, 11) is 0. The highest BCUT2D eigenvalue weighted by Gasteiger charge is 2.31. The summed E-state index contributed by atoms with van der Waals surface area (Å²) in [4.78, 5) is 28.0. The predicted octanol–water partition coefficient (Wildman–Crippen LogP) is 3.25. The predicted molar refractivity (Wildman–Crippen MR) is 109 cm³/mol. The molecule has 1 aromatic heterocycles. The second-order valence-electron chi connectivity index (χ2n) is 7.28. The summed E-state index contributed by atoms with van der Waals surface area (Å²) in [5.41, 5.74) is -0.593. The fourth-order valence-electron chi connectivity index (χ4n) is 3.05. The van der Waals surface area contributed by atoms with E-state index in [2.05, 4.69) is 15.6 Å². The highest BCUT2D eigenvalue weighted by atomic mass is 35.5. The lowest BCUT2D eigenvalue weighted by molar-refractivity contribution is -0.138. The van der Waals surface area contributed by atoms with E-state index >= 15 is 0 Å². The van der Waals surface area contributed by atoms with Crippen LogP contribution in [0, 0.1) is 5.82 Å². The first-order chi connectivity index (χ1) is 15.6. The van der Waals surface area contributed by atoms with E-state index in [0.717, 1.165) is 12.1 Å². The maximum absolute atomic E-state index is 13.4. The van der Waals surface area contributed by atoms with Gasteiger partial charge in [0.15, 0.2) is 6.61 Å². The van der Waals surface area contributed by atoms with Crippen molar-refractivity contribution in [3.05, 3.63) is 58.6 Å². The molecular weight excluding hydrogens is 470 g/mol. The monoisotopic (exact) mass is 489 g/mol. The minimum absolute atomic E-state index is 0.0420. The van der Waals surface area contributed by atoms with Crippen LogP contribution in [0.2, 0.25) is 5.02 Å². The van der Waals surface area contributed by atoms with Crippen LogP contribution >= 0.6 is 11.6 Å². The number of nitrogens with zero attached hydrogens (tertiary/aromatic N) is 1. The quantitative estimate of drug-likeness (QED) is 0.583. The number of ether oxygens (including phenoxy) is 2. The summed E-state index contributed by atoms with van der Waals surface area (Å²) in [6.07, 6.45) is -3.71. The maximum Gasteiger partial charge on any atom is 0.417 e. The fourth-order valence-corrected chi connectivity index (χ4v) is 3.16. The Hall–Kier alpha value is -2.92. The van der Waals surface area contributed by atoms with Crippen molar-refractivity contribution < 1.29 is 36.6 Å². The Labute approximate surface area is 191 Å². The van der Waals surface area contributed by atoms with Crippen molar-refractivity contribution in [1.29, 1.82) is 0 Å². The molecule has 1 aromatic carbocycles. The maximum atomic E-state index is 13.4. The van der Waals surface area contributed by atoms with Gasteiger partial charge in [0, 0.05) is 12.3 Å². The number of hydrogen-bond donors (Lipinski definition) is 2. The molecule has 0 spiro atoms. The van der Waals surface area contributed by atoms with Crippen LogP contribution in [0.5, 0.6) is 5.75 Å². The summed E-state index contributed by atoms with van der Waals surface area (Å²) in [5, 5.41) is 5.23. The Bertz CT molecular complexity index is 980. The van der Waals surface area contributed by atoms with E-state index in [-0.39, 0.29) is 42.3 Å². The van der Waals surface area contributed by atoms with Crippen molar-refractivity contribution in [3.63, 3.8) is 0 Å². The molecule has 178 valence electrons. The lowest BCUT2D eigenvalue weighted by Crippen LogP contribution is -2.48. The number of benzene rings is 1. The van der Waals surface area contributed by atoms with Gasteiger partial charge in [-0.1, -0.05) is 11.6 Å². The zero-order valence-corrected chi connectivity index (χ0v) is 17.9. The summed E-state index contributed by atoms with van der Waals surface area (Å²) in [5.74, 6) is -1.36. The minimum Gasteiger partial charge on any atom is -0.484 e. The van der Waals surface area contributed by atoms with E-state index in [4.69, 9.17) is 21.1 Å².